The van der Waals surface area contributed by atoms with E-state index in [9.17, 15) is 9.59 Å². The van der Waals surface area contributed by atoms with Crippen LogP contribution >= 0.6 is 21.0 Å². The first kappa shape index (κ1) is 14.2. The summed E-state index contributed by atoms with van der Waals surface area (Å²) in [6, 6.07) is 0. The summed E-state index contributed by atoms with van der Waals surface area (Å²) in [7, 11) is 0.456. The fourth-order valence-electron chi connectivity index (χ4n) is 0.516. The van der Waals surface area contributed by atoms with E-state index in [-0.39, 0.29) is 25.2 Å². The Bertz CT molecular complexity index is 134. The molecule has 0 radical (unpaired) electrons. The first-order valence-corrected chi connectivity index (χ1v) is 4.68. The Kier molecular flexibility index (Phi) is 10.4. The van der Waals surface area contributed by atoms with Crippen LogP contribution in [-0.4, -0.2) is 34.5 Å². The third kappa shape index (κ3) is 12.3. The molecule has 0 aromatic carbocycles. The van der Waals surface area contributed by atoms with E-state index in [4.69, 9.17) is 10.2 Å². The molecule has 72 valence electrons. The van der Waals surface area contributed by atoms with Crippen molar-refractivity contribution in [1.29, 1.82) is 0 Å². The van der Waals surface area contributed by atoms with E-state index in [0.717, 1.165) is 0 Å². The van der Waals surface area contributed by atoms with Crippen molar-refractivity contribution in [1.82, 2.24) is 0 Å². The van der Waals surface area contributed by atoms with E-state index in [2.05, 4.69) is 0 Å². The van der Waals surface area contributed by atoms with E-state index in [1.54, 1.807) is 0 Å². The van der Waals surface area contributed by atoms with Gasteiger partial charge >= 0.3 is 11.9 Å². The molecular weight excluding hydrogens is 202 g/mol. The van der Waals surface area contributed by atoms with Gasteiger partial charge < -0.3 is 10.2 Å². The topological polar surface area (TPSA) is 74.6 Å². The van der Waals surface area contributed by atoms with Crippen LogP contribution in [0.3, 0.4) is 0 Å². The highest BCUT2D eigenvalue weighted by Gasteiger charge is 1.98. The molecule has 0 unspecified atom stereocenters. The second kappa shape index (κ2) is 8.75. The average molecular weight is 215 g/mol. The summed E-state index contributed by atoms with van der Waals surface area (Å²) in [5.74, 6) is -1.62. The maximum atomic E-state index is 9.98. The van der Waals surface area contributed by atoms with Crippen LogP contribution in [-0.2, 0) is 9.59 Å². The van der Waals surface area contributed by atoms with Crippen molar-refractivity contribution in [2.24, 2.45) is 0 Å². The second-order valence-corrected chi connectivity index (χ2v) is 3.54. The Morgan fingerprint density at radius 2 is 1.33 bits per heavy atom. The zero-order valence-corrected chi connectivity index (χ0v) is 8.26. The fourth-order valence-corrected chi connectivity index (χ4v) is 1.55. The lowest BCUT2D eigenvalue weighted by molar-refractivity contribution is -0.137. The van der Waals surface area contributed by atoms with E-state index >= 15 is 0 Å². The monoisotopic (exact) mass is 214 g/mol. The van der Waals surface area contributed by atoms with Gasteiger partial charge in [-0.2, -0.15) is 0 Å². The van der Waals surface area contributed by atoms with Gasteiger partial charge in [0.1, 0.15) is 0 Å². The van der Waals surface area contributed by atoms with Crippen LogP contribution < -0.4 is 0 Å². The number of halogens is 1. The molecule has 0 rings (SSSR count). The van der Waals surface area contributed by atoms with Gasteiger partial charge in [0.05, 0.1) is 0 Å². The number of hydrogen-bond acceptors (Lipinski definition) is 2. The van der Waals surface area contributed by atoms with Crippen LogP contribution in [0, 0.1) is 0 Å². The van der Waals surface area contributed by atoms with Gasteiger partial charge in [0.2, 0.25) is 0 Å². The number of carboxylic acid groups (broad SMARTS) is 2. The number of carbonyl (C=O) groups is 2. The predicted octanol–water partition coefficient (Wildman–Crippen LogP) is 1.04. The lowest BCUT2D eigenvalue weighted by Crippen LogP contribution is -1.98. The first-order valence-electron chi connectivity index (χ1n) is 3.27. The Morgan fingerprint density at radius 1 is 1.00 bits per heavy atom. The summed E-state index contributed by atoms with van der Waals surface area (Å²) >= 11 is 0. The van der Waals surface area contributed by atoms with Crippen LogP contribution in [0.4, 0.5) is 0 Å². The fraction of sp³-hybridized carbons (Fsp3) is 0.667. The number of hydrogen-bond donors (Lipinski definition) is 2. The third-order valence-electron chi connectivity index (χ3n) is 1.03. The molecule has 0 amide bonds. The third-order valence-corrected chi connectivity index (χ3v) is 2.24. The SMILES string of the molecule is Cl.O=C(O)CCPCCC(=O)O. The van der Waals surface area contributed by atoms with E-state index < -0.39 is 11.9 Å². The molecule has 0 aliphatic rings. The van der Waals surface area contributed by atoms with Gasteiger partial charge in [-0.1, -0.05) is 0 Å². The first-order chi connectivity index (χ1) is 5.13. The Balaban J connectivity index is 0. The molecule has 0 saturated carbocycles. The summed E-state index contributed by atoms with van der Waals surface area (Å²) in [5, 5.41) is 16.4. The molecule has 0 heterocycles. The average Bonchev–Trinajstić information content (AvgIpc) is 1.85. The predicted molar refractivity (Wildman–Crippen MR) is 49.8 cm³/mol. The molecular formula is C6H12ClO4P. The van der Waals surface area contributed by atoms with Gasteiger partial charge in [0.25, 0.3) is 0 Å². The highest BCUT2D eigenvalue weighted by atomic mass is 35.5. The molecule has 0 saturated heterocycles. The smallest absolute Gasteiger partial charge is 0.303 e. The highest BCUT2D eigenvalue weighted by molar-refractivity contribution is 7.38. The summed E-state index contributed by atoms with van der Waals surface area (Å²) < 4.78 is 0. The number of aliphatic carboxylic acids is 2. The lowest BCUT2D eigenvalue weighted by Gasteiger charge is -1.95. The van der Waals surface area contributed by atoms with Crippen molar-refractivity contribution in [2.75, 3.05) is 12.3 Å². The molecule has 4 nitrogen and oxygen atoms in total. The summed E-state index contributed by atoms with van der Waals surface area (Å²) in [4.78, 5) is 20.0. The molecule has 0 bridgehead atoms. The van der Waals surface area contributed by atoms with Crippen molar-refractivity contribution in [3.05, 3.63) is 0 Å². The van der Waals surface area contributed by atoms with Crippen LogP contribution in [0.1, 0.15) is 12.8 Å². The van der Waals surface area contributed by atoms with Crippen molar-refractivity contribution in [2.45, 2.75) is 12.8 Å². The van der Waals surface area contributed by atoms with Crippen LogP contribution in [0.15, 0.2) is 0 Å². The quantitative estimate of drug-likeness (QED) is 0.512. The van der Waals surface area contributed by atoms with Crippen LogP contribution in [0.2, 0.25) is 0 Å². The van der Waals surface area contributed by atoms with E-state index in [0.29, 0.717) is 20.9 Å². The van der Waals surface area contributed by atoms with Gasteiger partial charge in [0.15, 0.2) is 0 Å². The standard InChI is InChI=1S/C6H11O4P.ClH/c7-5(8)1-3-11-4-2-6(9)10;/h11H,1-4H2,(H,7,8)(H,9,10);1H. The molecule has 2 N–H and O–H groups in total. The van der Waals surface area contributed by atoms with Gasteiger partial charge in [-0.25, -0.2) is 0 Å². The maximum absolute atomic E-state index is 9.98. The van der Waals surface area contributed by atoms with E-state index in [1.165, 1.54) is 0 Å². The Hall–Kier alpha value is -0.340. The molecule has 0 aromatic rings. The number of rotatable bonds is 6. The molecule has 0 aliphatic heterocycles. The Morgan fingerprint density at radius 3 is 1.58 bits per heavy atom. The Labute approximate surface area is 78.5 Å². The van der Waals surface area contributed by atoms with Gasteiger partial charge in [-0.3, -0.25) is 9.59 Å². The summed E-state index contributed by atoms with van der Waals surface area (Å²) in [6.07, 6.45) is 1.50. The van der Waals surface area contributed by atoms with E-state index in [1.807, 2.05) is 0 Å². The van der Waals surface area contributed by atoms with Gasteiger partial charge in [0, 0.05) is 12.8 Å². The molecule has 12 heavy (non-hydrogen) atoms. The summed E-state index contributed by atoms with van der Waals surface area (Å²) in [5.41, 5.74) is 0. The molecule has 6 heteroatoms. The molecule has 0 atom stereocenters. The minimum Gasteiger partial charge on any atom is -0.481 e. The zero-order chi connectivity index (χ0) is 8.69. The van der Waals surface area contributed by atoms with Crippen molar-refractivity contribution in [3.8, 4) is 0 Å². The zero-order valence-electron chi connectivity index (χ0n) is 6.45. The normalized spacial score (nSPS) is 8.67. The molecule has 0 spiro atoms. The molecule has 0 fully saturated rings. The second-order valence-electron chi connectivity index (χ2n) is 2.04. The minimum absolute atomic E-state index is 0. The maximum Gasteiger partial charge on any atom is 0.303 e. The molecule has 0 aromatic heterocycles. The summed E-state index contributed by atoms with van der Waals surface area (Å²) in [6.45, 7) is 0. The number of carboxylic acids is 2. The van der Waals surface area contributed by atoms with Gasteiger partial charge in [-0.05, 0) is 12.3 Å². The van der Waals surface area contributed by atoms with Crippen molar-refractivity contribution >= 4 is 32.9 Å². The van der Waals surface area contributed by atoms with Crippen LogP contribution in [0.25, 0.3) is 0 Å². The van der Waals surface area contributed by atoms with Crippen LogP contribution in [0.5, 0.6) is 0 Å². The van der Waals surface area contributed by atoms with Gasteiger partial charge in [-0.15, -0.1) is 21.0 Å². The highest BCUT2D eigenvalue weighted by Crippen LogP contribution is 2.12. The molecule has 0 aliphatic carbocycles. The minimum atomic E-state index is -0.812. The largest absolute Gasteiger partial charge is 0.481 e. The van der Waals surface area contributed by atoms with Crippen molar-refractivity contribution in [3.63, 3.8) is 0 Å². The lowest BCUT2D eigenvalue weighted by atomic mass is 10.5. The van der Waals surface area contributed by atoms with Crippen molar-refractivity contribution < 1.29 is 19.8 Å².